The van der Waals surface area contributed by atoms with Crippen molar-refractivity contribution in [1.29, 1.82) is 0 Å². The maximum Gasteiger partial charge on any atom is 0.242 e. The molecule has 132 valence electrons. The summed E-state index contributed by atoms with van der Waals surface area (Å²) in [4.78, 5) is 26.7. The number of aryl methyl sites for hydroxylation is 2. The SMILES string of the molecule is CNC(=O)C(C)N(Cc1ccccc1C)C(=O)Cc1ccc(C)cc1. The van der Waals surface area contributed by atoms with Crippen molar-refractivity contribution < 1.29 is 9.59 Å². The van der Waals surface area contributed by atoms with E-state index in [0.29, 0.717) is 6.54 Å². The van der Waals surface area contributed by atoms with E-state index in [2.05, 4.69) is 5.32 Å². The molecule has 25 heavy (non-hydrogen) atoms. The number of nitrogens with zero attached hydrogens (tertiary/aromatic N) is 1. The summed E-state index contributed by atoms with van der Waals surface area (Å²) in [6.45, 7) is 6.22. The average molecular weight is 338 g/mol. The lowest BCUT2D eigenvalue weighted by Crippen LogP contribution is -2.47. The highest BCUT2D eigenvalue weighted by Crippen LogP contribution is 2.15. The molecule has 1 unspecified atom stereocenters. The van der Waals surface area contributed by atoms with Crippen LogP contribution in [0, 0.1) is 13.8 Å². The van der Waals surface area contributed by atoms with Crippen molar-refractivity contribution in [3.8, 4) is 0 Å². The first-order valence-electron chi connectivity index (χ1n) is 8.53. The van der Waals surface area contributed by atoms with Gasteiger partial charge in [0.05, 0.1) is 6.42 Å². The molecule has 0 aromatic heterocycles. The summed E-state index contributed by atoms with van der Waals surface area (Å²) in [7, 11) is 1.59. The normalized spacial score (nSPS) is 11.7. The molecule has 4 nitrogen and oxygen atoms in total. The third-order valence-corrected chi connectivity index (χ3v) is 4.49. The van der Waals surface area contributed by atoms with Gasteiger partial charge in [-0.2, -0.15) is 0 Å². The third-order valence-electron chi connectivity index (χ3n) is 4.49. The van der Waals surface area contributed by atoms with Crippen molar-refractivity contribution >= 4 is 11.8 Å². The van der Waals surface area contributed by atoms with Gasteiger partial charge in [-0.05, 0) is 37.5 Å². The smallest absolute Gasteiger partial charge is 0.242 e. The average Bonchev–Trinajstić information content (AvgIpc) is 2.61. The molecule has 0 aliphatic heterocycles. The summed E-state index contributed by atoms with van der Waals surface area (Å²) in [5, 5.41) is 2.64. The predicted octanol–water partition coefficient (Wildman–Crippen LogP) is 3.01. The van der Waals surface area contributed by atoms with Gasteiger partial charge in [0, 0.05) is 13.6 Å². The molecule has 0 aliphatic rings. The Morgan fingerprint density at radius 2 is 1.68 bits per heavy atom. The quantitative estimate of drug-likeness (QED) is 0.880. The fourth-order valence-electron chi connectivity index (χ4n) is 2.74. The van der Waals surface area contributed by atoms with Crippen molar-refractivity contribution in [3.05, 3.63) is 70.8 Å². The van der Waals surface area contributed by atoms with E-state index >= 15 is 0 Å². The minimum atomic E-state index is -0.525. The summed E-state index contributed by atoms with van der Waals surface area (Å²) in [6.07, 6.45) is 0.285. The van der Waals surface area contributed by atoms with Gasteiger partial charge in [-0.25, -0.2) is 0 Å². The molecular formula is C21H26N2O2. The van der Waals surface area contributed by atoms with Gasteiger partial charge in [0.25, 0.3) is 0 Å². The summed E-state index contributed by atoms with van der Waals surface area (Å²) in [5.74, 6) is -0.214. The second-order valence-corrected chi connectivity index (χ2v) is 6.40. The molecule has 0 saturated carbocycles. The molecule has 0 bridgehead atoms. The molecule has 0 radical (unpaired) electrons. The Morgan fingerprint density at radius 1 is 1.04 bits per heavy atom. The van der Waals surface area contributed by atoms with Gasteiger partial charge < -0.3 is 10.2 Å². The highest BCUT2D eigenvalue weighted by Gasteiger charge is 2.25. The fraction of sp³-hybridized carbons (Fsp3) is 0.333. The van der Waals surface area contributed by atoms with Crippen molar-refractivity contribution in [3.63, 3.8) is 0 Å². The molecule has 0 spiro atoms. The minimum absolute atomic E-state index is 0.0526. The van der Waals surface area contributed by atoms with E-state index in [0.717, 1.165) is 22.3 Å². The first-order valence-corrected chi connectivity index (χ1v) is 8.53. The molecule has 1 atom stereocenters. The molecule has 4 heteroatoms. The van der Waals surface area contributed by atoms with Crippen LogP contribution >= 0.6 is 0 Å². The van der Waals surface area contributed by atoms with Crippen LogP contribution in [0.25, 0.3) is 0 Å². The number of carbonyl (C=O) groups is 2. The largest absolute Gasteiger partial charge is 0.357 e. The first-order chi connectivity index (χ1) is 11.9. The first kappa shape index (κ1) is 18.7. The van der Waals surface area contributed by atoms with Gasteiger partial charge >= 0.3 is 0 Å². The zero-order chi connectivity index (χ0) is 18.4. The fourth-order valence-corrected chi connectivity index (χ4v) is 2.74. The Kier molecular flexibility index (Phi) is 6.34. The summed E-state index contributed by atoms with van der Waals surface area (Å²) < 4.78 is 0. The Labute approximate surface area is 149 Å². The van der Waals surface area contributed by atoms with E-state index in [4.69, 9.17) is 0 Å². The number of amides is 2. The van der Waals surface area contributed by atoms with Gasteiger partial charge in [0.1, 0.15) is 6.04 Å². The van der Waals surface area contributed by atoms with Gasteiger partial charge in [0.2, 0.25) is 11.8 Å². The van der Waals surface area contributed by atoms with Crippen LogP contribution in [0.4, 0.5) is 0 Å². The maximum absolute atomic E-state index is 12.9. The Morgan fingerprint density at radius 3 is 2.28 bits per heavy atom. The molecule has 2 rings (SSSR count). The Balaban J connectivity index is 2.23. The lowest BCUT2D eigenvalue weighted by molar-refractivity contribution is -0.139. The van der Waals surface area contributed by atoms with Crippen molar-refractivity contribution in [2.45, 2.75) is 39.8 Å². The number of likely N-dealkylation sites (N-methyl/N-ethyl adjacent to an activating group) is 1. The molecule has 0 fully saturated rings. The van der Waals surface area contributed by atoms with E-state index < -0.39 is 6.04 Å². The number of benzene rings is 2. The third kappa shape index (κ3) is 4.92. The van der Waals surface area contributed by atoms with Gasteiger partial charge in [-0.3, -0.25) is 9.59 Å². The second-order valence-electron chi connectivity index (χ2n) is 6.40. The van der Waals surface area contributed by atoms with Crippen molar-refractivity contribution in [2.24, 2.45) is 0 Å². The van der Waals surface area contributed by atoms with Crippen LogP contribution in [0.3, 0.4) is 0 Å². The standard InChI is InChI=1S/C21H26N2O2/c1-15-9-11-18(12-10-15)13-20(24)23(17(3)21(25)22-4)14-19-8-6-5-7-16(19)2/h5-12,17H,13-14H2,1-4H3,(H,22,25). The van der Waals surface area contributed by atoms with Gasteiger partial charge in [-0.1, -0.05) is 54.1 Å². The molecule has 0 aliphatic carbocycles. The lowest BCUT2D eigenvalue weighted by Gasteiger charge is -2.29. The topological polar surface area (TPSA) is 49.4 Å². The van der Waals surface area contributed by atoms with E-state index in [-0.39, 0.29) is 18.2 Å². The molecular weight excluding hydrogens is 312 g/mol. The van der Waals surface area contributed by atoms with Crippen LogP contribution in [-0.4, -0.2) is 29.8 Å². The lowest BCUT2D eigenvalue weighted by atomic mass is 10.1. The highest BCUT2D eigenvalue weighted by atomic mass is 16.2. The number of nitrogens with one attached hydrogen (secondary N) is 1. The molecule has 1 N–H and O–H groups in total. The van der Waals surface area contributed by atoms with Crippen LogP contribution < -0.4 is 5.32 Å². The van der Waals surface area contributed by atoms with E-state index in [1.54, 1.807) is 18.9 Å². The number of hydrogen-bond acceptors (Lipinski definition) is 2. The van der Waals surface area contributed by atoms with Crippen molar-refractivity contribution in [2.75, 3.05) is 7.05 Å². The van der Waals surface area contributed by atoms with E-state index in [1.165, 1.54) is 0 Å². The van der Waals surface area contributed by atoms with Crippen LogP contribution in [0.5, 0.6) is 0 Å². The summed E-state index contributed by atoms with van der Waals surface area (Å²) in [6, 6.07) is 15.3. The zero-order valence-electron chi connectivity index (χ0n) is 15.4. The number of carbonyl (C=O) groups excluding carboxylic acids is 2. The van der Waals surface area contributed by atoms with Gasteiger partial charge in [-0.15, -0.1) is 0 Å². The molecule has 2 aromatic rings. The van der Waals surface area contributed by atoms with Crippen LogP contribution in [0.15, 0.2) is 48.5 Å². The van der Waals surface area contributed by atoms with Crippen molar-refractivity contribution in [1.82, 2.24) is 10.2 Å². The summed E-state index contributed by atoms with van der Waals surface area (Å²) in [5.41, 5.74) is 4.27. The highest BCUT2D eigenvalue weighted by molar-refractivity contribution is 5.88. The van der Waals surface area contributed by atoms with Crippen LogP contribution in [0.1, 0.15) is 29.2 Å². The Bertz CT molecular complexity index is 738. The van der Waals surface area contributed by atoms with Crippen LogP contribution in [-0.2, 0) is 22.6 Å². The molecule has 0 heterocycles. The summed E-state index contributed by atoms with van der Waals surface area (Å²) >= 11 is 0. The van der Waals surface area contributed by atoms with E-state index in [9.17, 15) is 9.59 Å². The van der Waals surface area contributed by atoms with Crippen LogP contribution in [0.2, 0.25) is 0 Å². The minimum Gasteiger partial charge on any atom is -0.357 e. The maximum atomic E-state index is 12.9. The number of hydrogen-bond donors (Lipinski definition) is 1. The van der Waals surface area contributed by atoms with E-state index in [1.807, 2.05) is 62.4 Å². The number of rotatable bonds is 6. The molecule has 0 saturated heterocycles. The molecule has 2 aromatic carbocycles. The second kappa shape index (κ2) is 8.47. The molecule has 2 amide bonds. The van der Waals surface area contributed by atoms with Gasteiger partial charge in [0.15, 0.2) is 0 Å². The monoisotopic (exact) mass is 338 g/mol. The predicted molar refractivity (Wildman–Crippen MR) is 100 cm³/mol. The Hall–Kier alpha value is -2.62. The zero-order valence-corrected chi connectivity index (χ0v) is 15.4.